The third kappa shape index (κ3) is 1.72. The van der Waals surface area contributed by atoms with Gasteiger partial charge in [0.15, 0.2) is 5.78 Å². The molecule has 0 aromatic heterocycles. The van der Waals surface area contributed by atoms with E-state index in [-0.39, 0.29) is 11.8 Å². The van der Waals surface area contributed by atoms with Gasteiger partial charge in [0.25, 0.3) is 0 Å². The van der Waals surface area contributed by atoms with E-state index in [1.807, 2.05) is 18.2 Å². The number of methoxy groups -OCH3 is 1. The number of halogens is 1. The summed E-state index contributed by atoms with van der Waals surface area (Å²) in [6.07, 6.45) is 3.07. The fourth-order valence-corrected chi connectivity index (χ4v) is 3.29. The third-order valence-electron chi connectivity index (χ3n) is 4.05. The summed E-state index contributed by atoms with van der Waals surface area (Å²) in [5.74, 6) is -0.207. The largest absolute Gasteiger partial charge is 0.468 e. The molecule has 0 N–H and O–H groups in total. The van der Waals surface area contributed by atoms with Crippen molar-refractivity contribution in [3.8, 4) is 0 Å². The topological polar surface area (TPSA) is 43.4 Å². The van der Waals surface area contributed by atoms with Crippen LogP contribution in [-0.4, -0.2) is 18.9 Å². The standard InChI is InChI=1S/C15H13ClO3/c1-19-14(18)15-5-4-11(17)7-13(15)12-6-10(16)3-2-9(12)8-15/h2-3,6-7H,4-5,8H2,1H3/t15-/m1/s1. The summed E-state index contributed by atoms with van der Waals surface area (Å²) in [7, 11) is 1.39. The highest BCUT2D eigenvalue weighted by atomic mass is 35.5. The Kier molecular flexibility index (Phi) is 2.75. The van der Waals surface area contributed by atoms with Crippen LogP contribution in [0.15, 0.2) is 24.3 Å². The van der Waals surface area contributed by atoms with Crippen molar-refractivity contribution >= 4 is 28.9 Å². The van der Waals surface area contributed by atoms with Crippen LogP contribution < -0.4 is 0 Å². The Labute approximate surface area is 116 Å². The highest BCUT2D eigenvalue weighted by molar-refractivity contribution is 6.31. The minimum Gasteiger partial charge on any atom is -0.468 e. The summed E-state index contributed by atoms with van der Waals surface area (Å²) in [4.78, 5) is 23.9. The van der Waals surface area contributed by atoms with Gasteiger partial charge in [0.1, 0.15) is 0 Å². The van der Waals surface area contributed by atoms with Gasteiger partial charge in [0.2, 0.25) is 0 Å². The second-order valence-electron chi connectivity index (χ2n) is 5.08. The molecule has 0 aliphatic heterocycles. The first-order valence-electron chi connectivity index (χ1n) is 6.19. The number of carbonyl (C=O) groups is 2. The molecule has 1 aromatic carbocycles. The summed E-state index contributed by atoms with van der Waals surface area (Å²) in [6.45, 7) is 0. The average molecular weight is 277 g/mol. The van der Waals surface area contributed by atoms with Gasteiger partial charge < -0.3 is 4.74 Å². The van der Waals surface area contributed by atoms with Crippen molar-refractivity contribution in [2.24, 2.45) is 5.41 Å². The molecule has 4 heteroatoms. The van der Waals surface area contributed by atoms with E-state index in [0.717, 1.165) is 16.7 Å². The first-order valence-corrected chi connectivity index (χ1v) is 6.57. The number of hydrogen-bond acceptors (Lipinski definition) is 3. The number of fused-ring (bicyclic) bond motifs is 3. The van der Waals surface area contributed by atoms with Crippen molar-refractivity contribution in [2.45, 2.75) is 19.3 Å². The van der Waals surface area contributed by atoms with Gasteiger partial charge in [-0.1, -0.05) is 17.7 Å². The van der Waals surface area contributed by atoms with Crippen LogP contribution in [0.5, 0.6) is 0 Å². The minimum atomic E-state index is -0.699. The van der Waals surface area contributed by atoms with Gasteiger partial charge in [-0.2, -0.15) is 0 Å². The van der Waals surface area contributed by atoms with E-state index in [9.17, 15) is 9.59 Å². The van der Waals surface area contributed by atoms with Crippen molar-refractivity contribution < 1.29 is 14.3 Å². The quantitative estimate of drug-likeness (QED) is 0.741. The molecule has 0 fully saturated rings. The number of esters is 1. The number of ether oxygens (including phenoxy) is 1. The Morgan fingerprint density at radius 2 is 2.21 bits per heavy atom. The molecule has 0 spiro atoms. The summed E-state index contributed by atoms with van der Waals surface area (Å²) in [5, 5.41) is 0.610. The summed E-state index contributed by atoms with van der Waals surface area (Å²) in [5.41, 5.74) is 2.03. The van der Waals surface area contributed by atoms with Crippen LogP contribution in [0.1, 0.15) is 24.0 Å². The lowest BCUT2D eigenvalue weighted by Gasteiger charge is -2.30. The molecule has 0 bridgehead atoms. The van der Waals surface area contributed by atoms with Crippen molar-refractivity contribution in [1.29, 1.82) is 0 Å². The van der Waals surface area contributed by atoms with Crippen LogP contribution in [0.4, 0.5) is 0 Å². The second kappa shape index (κ2) is 4.20. The number of carbonyl (C=O) groups excluding carboxylic acids is 2. The number of benzene rings is 1. The monoisotopic (exact) mass is 276 g/mol. The molecule has 2 aliphatic carbocycles. The van der Waals surface area contributed by atoms with Gasteiger partial charge in [0.05, 0.1) is 12.5 Å². The lowest BCUT2D eigenvalue weighted by molar-refractivity contribution is -0.149. The molecule has 2 aliphatic rings. The molecule has 0 amide bonds. The maximum absolute atomic E-state index is 12.2. The van der Waals surface area contributed by atoms with Crippen molar-refractivity contribution in [2.75, 3.05) is 7.11 Å². The average Bonchev–Trinajstić information content (AvgIpc) is 2.73. The summed E-state index contributed by atoms with van der Waals surface area (Å²) >= 11 is 6.02. The van der Waals surface area contributed by atoms with Crippen LogP contribution in [-0.2, 0) is 20.7 Å². The third-order valence-corrected chi connectivity index (χ3v) is 4.28. The summed E-state index contributed by atoms with van der Waals surface area (Å²) < 4.78 is 4.97. The van der Waals surface area contributed by atoms with Gasteiger partial charge >= 0.3 is 5.97 Å². The molecule has 3 nitrogen and oxygen atoms in total. The molecule has 0 heterocycles. The zero-order valence-electron chi connectivity index (χ0n) is 10.5. The molecular weight excluding hydrogens is 264 g/mol. The molecule has 1 aromatic rings. The van der Waals surface area contributed by atoms with Crippen molar-refractivity contribution in [3.05, 3.63) is 40.4 Å². The molecule has 0 unspecified atom stereocenters. The van der Waals surface area contributed by atoms with Crippen LogP contribution in [0.2, 0.25) is 5.02 Å². The van der Waals surface area contributed by atoms with Crippen LogP contribution in [0.3, 0.4) is 0 Å². The van der Waals surface area contributed by atoms with Crippen molar-refractivity contribution in [1.82, 2.24) is 0 Å². The van der Waals surface area contributed by atoms with Crippen LogP contribution in [0.25, 0.3) is 5.57 Å². The fourth-order valence-electron chi connectivity index (χ4n) is 3.12. The van der Waals surface area contributed by atoms with E-state index in [2.05, 4.69) is 0 Å². The summed E-state index contributed by atoms with van der Waals surface area (Å²) in [6, 6.07) is 5.56. The van der Waals surface area contributed by atoms with E-state index >= 15 is 0 Å². The van der Waals surface area contributed by atoms with Crippen LogP contribution in [0, 0.1) is 5.41 Å². The zero-order chi connectivity index (χ0) is 13.6. The Morgan fingerprint density at radius 1 is 1.42 bits per heavy atom. The van der Waals surface area contributed by atoms with E-state index in [1.54, 1.807) is 6.08 Å². The number of allylic oxidation sites excluding steroid dienone is 1. The molecule has 19 heavy (non-hydrogen) atoms. The fraction of sp³-hybridized carbons (Fsp3) is 0.333. The Bertz CT molecular complexity index is 618. The Hall–Kier alpha value is -1.61. The predicted molar refractivity (Wildman–Crippen MR) is 71.8 cm³/mol. The Morgan fingerprint density at radius 3 is 2.95 bits per heavy atom. The molecule has 0 saturated carbocycles. The van der Waals surface area contributed by atoms with Gasteiger partial charge in [-0.05, 0) is 47.8 Å². The smallest absolute Gasteiger partial charge is 0.316 e. The highest BCUT2D eigenvalue weighted by Crippen LogP contribution is 2.52. The molecule has 3 rings (SSSR count). The van der Waals surface area contributed by atoms with E-state index in [4.69, 9.17) is 16.3 Å². The highest BCUT2D eigenvalue weighted by Gasteiger charge is 2.50. The van der Waals surface area contributed by atoms with Gasteiger partial charge in [-0.25, -0.2) is 0 Å². The molecule has 0 radical (unpaired) electrons. The maximum atomic E-state index is 12.2. The zero-order valence-corrected chi connectivity index (χ0v) is 11.3. The maximum Gasteiger partial charge on any atom is 0.316 e. The second-order valence-corrected chi connectivity index (χ2v) is 5.51. The number of ketones is 1. The van der Waals surface area contributed by atoms with Gasteiger partial charge in [0, 0.05) is 11.4 Å². The minimum absolute atomic E-state index is 0.0577. The van der Waals surface area contributed by atoms with E-state index < -0.39 is 5.41 Å². The van der Waals surface area contributed by atoms with E-state index in [1.165, 1.54) is 7.11 Å². The SMILES string of the molecule is COC(=O)[C@@]12CCC(=O)C=C1c1cc(Cl)ccc1C2. The number of rotatable bonds is 1. The predicted octanol–water partition coefficient (Wildman–Crippen LogP) is 2.80. The van der Waals surface area contributed by atoms with Gasteiger partial charge in [-0.15, -0.1) is 0 Å². The Balaban J connectivity index is 2.21. The lowest BCUT2D eigenvalue weighted by Crippen LogP contribution is -2.35. The molecule has 1 atom stereocenters. The molecule has 0 saturated heterocycles. The van der Waals surface area contributed by atoms with Crippen molar-refractivity contribution in [3.63, 3.8) is 0 Å². The lowest BCUT2D eigenvalue weighted by atomic mass is 9.72. The van der Waals surface area contributed by atoms with Gasteiger partial charge in [-0.3, -0.25) is 9.59 Å². The molecular formula is C15H13ClO3. The van der Waals surface area contributed by atoms with Crippen LogP contribution >= 0.6 is 11.6 Å². The van der Waals surface area contributed by atoms with E-state index in [0.29, 0.717) is 24.3 Å². The first-order chi connectivity index (χ1) is 9.06. The normalized spacial score (nSPS) is 24.5. The number of hydrogen-bond donors (Lipinski definition) is 0. The molecule has 98 valence electrons. The first kappa shape index (κ1) is 12.4.